The van der Waals surface area contributed by atoms with Gasteiger partial charge < -0.3 is 29.1 Å². The number of carboxylic acids is 2. The predicted octanol–water partition coefficient (Wildman–Crippen LogP) is 5.37. The van der Waals surface area contributed by atoms with E-state index in [1.807, 2.05) is 33.2 Å². The Bertz CT molecular complexity index is 1460. The Morgan fingerprint density at radius 2 is 1.11 bits per heavy atom. The van der Waals surface area contributed by atoms with Gasteiger partial charge in [-0.15, -0.1) is 0 Å². The molecule has 2 aromatic rings. The van der Waals surface area contributed by atoms with Gasteiger partial charge in [0, 0.05) is 18.5 Å². The molecule has 2 rings (SSSR count). The summed E-state index contributed by atoms with van der Waals surface area (Å²) in [6.45, 7) is 20.0. The summed E-state index contributed by atoms with van der Waals surface area (Å²) in [5.41, 5.74) is 0.142. The lowest BCUT2D eigenvalue weighted by Crippen LogP contribution is -2.58. The Labute approximate surface area is 284 Å². The predicted molar refractivity (Wildman–Crippen MR) is 198 cm³/mol. The minimum Gasteiger partial charge on any atom is -0.478 e. The number of Topliss-reactive ketones (excluding diaryl/α,β-unsaturated/α-hetero) is 1. The van der Waals surface area contributed by atoms with Crippen LogP contribution in [0.25, 0.3) is 0 Å². The van der Waals surface area contributed by atoms with E-state index in [1.165, 1.54) is 12.1 Å². The van der Waals surface area contributed by atoms with E-state index in [4.69, 9.17) is 8.23 Å². The normalized spacial score (nSPS) is 12.6. The van der Waals surface area contributed by atoms with Gasteiger partial charge in [0.25, 0.3) is 5.91 Å². The van der Waals surface area contributed by atoms with Gasteiger partial charge in [-0.1, -0.05) is 19.1 Å². The summed E-state index contributed by atoms with van der Waals surface area (Å²) >= 11 is 0. The number of carbonyl (C=O) groups is 4. The second-order valence-electron chi connectivity index (χ2n) is 14.2. The molecule has 0 spiro atoms. The highest BCUT2D eigenvalue weighted by Gasteiger charge is 2.38. The third-order valence-corrected chi connectivity index (χ3v) is 23.3. The zero-order chi connectivity index (χ0) is 35.8. The molecule has 10 nitrogen and oxygen atoms in total. The van der Waals surface area contributed by atoms with E-state index < -0.39 is 51.1 Å². The first kappa shape index (κ1) is 40.4. The first-order chi connectivity index (χ1) is 21.7. The highest BCUT2D eigenvalue weighted by molar-refractivity contribution is 6.97. The summed E-state index contributed by atoms with van der Waals surface area (Å²) in [5, 5.41) is 27.1. The second kappa shape index (κ2) is 16.6. The van der Waals surface area contributed by atoms with E-state index in [0.717, 1.165) is 41.8 Å². The lowest BCUT2D eigenvalue weighted by atomic mass is 10.0. The van der Waals surface area contributed by atoms with Gasteiger partial charge in [-0.2, -0.15) is 0 Å². The Balaban J connectivity index is 2.23. The van der Waals surface area contributed by atoms with Gasteiger partial charge in [0.15, 0.2) is 22.4 Å². The lowest BCUT2D eigenvalue weighted by molar-refractivity contribution is 0.0683. The molecule has 0 fully saturated rings. The van der Waals surface area contributed by atoms with Crippen LogP contribution < -0.4 is 21.0 Å². The fourth-order valence-electron chi connectivity index (χ4n) is 5.93. The van der Waals surface area contributed by atoms with E-state index in [2.05, 4.69) is 36.8 Å². The quantitative estimate of drug-likeness (QED) is 0.0854. The van der Waals surface area contributed by atoms with Crippen molar-refractivity contribution in [1.29, 1.82) is 0 Å². The largest absolute Gasteiger partial charge is 0.478 e. The van der Waals surface area contributed by atoms with Gasteiger partial charge in [-0.05, 0) is 126 Å². The van der Waals surface area contributed by atoms with Crippen LogP contribution in [-0.4, -0.2) is 87.2 Å². The number of hydrogen-bond donors (Lipinski definition) is 4. The van der Waals surface area contributed by atoms with Crippen LogP contribution in [0.2, 0.25) is 64.5 Å². The fraction of sp³-hybridized carbons (Fsp3) is 0.515. The number of benzene rings is 2. The number of nitrogens with one attached hydrogen (secondary N) is 2. The molecule has 0 radical (unpaired) electrons. The highest BCUT2D eigenvalue weighted by Crippen LogP contribution is 2.24. The molecular formula is C33H54N2O8Si4. The molecule has 260 valence electrons. The number of ketones is 1. The van der Waals surface area contributed by atoms with Gasteiger partial charge in [0.2, 0.25) is 16.6 Å². The Hall–Kier alpha value is -2.73. The van der Waals surface area contributed by atoms with Crippen molar-refractivity contribution in [3.63, 3.8) is 0 Å². The Morgan fingerprint density at radius 1 is 0.660 bits per heavy atom. The molecule has 0 atom stereocenters. The Kier molecular flexibility index (Phi) is 14.3. The third kappa shape index (κ3) is 11.7. The summed E-state index contributed by atoms with van der Waals surface area (Å²) in [5.74, 6) is -3.04. The van der Waals surface area contributed by atoms with Gasteiger partial charge in [0.05, 0.1) is 16.7 Å². The minimum absolute atomic E-state index is 0.0360. The monoisotopic (exact) mass is 718 g/mol. The molecule has 0 heterocycles. The van der Waals surface area contributed by atoms with Gasteiger partial charge >= 0.3 is 11.9 Å². The van der Waals surface area contributed by atoms with Crippen molar-refractivity contribution in [2.75, 3.05) is 20.1 Å². The van der Waals surface area contributed by atoms with Crippen molar-refractivity contribution in [3.8, 4) is 0 Å². The number of rotatable bonds is 19. The van der Waals surface area contributed by atoms with Crippen LogP contribution in [0, 0.1) is 0 Å². The van der Waals surface area contributed by atoms with Crippen LogP contribution >= 0.6 is 0 Å². The standard InChI is InChI=1S/C33H54N2O8Si4/c1-11-30(36)28-22-24(14-16-26(28)32(38)39)46(7,8)43-47(9,10)25-15-17-27(33(40)41)29(23-25)31(37)35-19-13-21-45(5,6)42-44(3,4)20-12-18-34-2/h14-17,22-23,34H,11-13,18-21H2,1-10H3,(H,35,37)(H,38,39)(H,40,41). The SMILES string of the molecule is CCC(=O)c1cc([Si](C)(C)O[Si](C)(C)c2ccc(C(=O)O)c(C(=O)NCCC[Si](C)(C)O[Si](C)(C)CCCNC)c2)ccc1C(=O)O. The molecule has 0 aromatic heterocycles. The van der Waals surface area contributed by atoms with Crippen LogP contribution in [0.3, 0.4) is 0 Å². The topological polar surface area (TPSA) is 151 Å². The summed E-state index contributed by atoms with van der Waals surface area (Å²) in [7, 11) is -7.22. The summed E-state index contributed by atoms with van der Waals surface area (Å²) in [6.07, 6.45) is 2.00. The molecule has 14 heteroatoms. The molecule has 0 aliphatic carbocycles. The van der Waals surface area contributed by atoms with Gasteiger partial charge in [-0.3, -0.25) is 9.59 Å². The van der Waals surface area contributed by atoms with E-state index in [-0.39, 0.29) is 34.5 Å². The molecule has 1 amide bonds. The van der Waals surface area contributed by atoms with Crippen LogP contribution in [0.5, 0.6) is 0 Å². The average molecular weight is 719 g/mol. The van der Waals surface area contributed by atoms with E-state index in [0.29, 0.717) is 6.54 Å². The number of amides is 1. The Morgan fingerprint density at radius 3 is 1.55 bits per heavy atom. The molecule has 0 bridgehead atoms. The molecule has 0 saturated carbocycles. The summed E-state index contributed by atoms with van der Waals surface area (Å²) in [4.78, 5) is 49.8. The molecule has 4 N–H and O–H groups in total. The van der Waals surface area contributed by atoms with Crippen molar-refractivity contribution >= 4 is 67.3 Å². The first-order valence-corrected chi connectivity index (χ1v) is 28.3. The molecule has 0 unspecified atom stereocenters. The molecule has 0 saturated heterocycles. The number of aromatic carboxylic acids is 2. The number of carboxylic acid groups (broad SMARTS) is 2. The zero-order valence-electron chi connectivity index (χ0n) is 29.8. The van der Waals surface area contributed by atoms with Crippen molar-refractivity contribution in [2.45, 2.75) is 90.7 Å². The van der Waals surface area contributed by atoms with Crippen LogP contribution in [0.15, 0.2) is 36.4 Å². The van der Waals surface area contributed by atoms with E-state index >= 15 is 0 Å². The molecule has 47 heavy (non-hydrogen) atoms. The van der Waals surface area contributed by atoms with Crippen molar-refractivity contribution in [1.82, 2.24) is 10.6 Å². The van der Waals surface area contributed by atoms with Gasteiger partial charge in [0.1, 0.15) is 0 Å². The fourth-order valence-corrected chi connectivity index (χ4v) is 22.8. The highest BCUT2D eigenvalue weighted by atomic mass is 28.4. The number of carbonyl (C=O) groups excluding carboxylic acids is 2. The number of hydrogen-bond acceptors (Lipinski definition) is 7. The van der Waals surface area contributed by atoms with E-state index in [1.54, 1.807) is 31.2 Å². The van der Waals surface area contributed by atoms with E-state index in [9.17, 15) is 29.4 Å². The van der Waals surface area contributed by atoms with Crippen LogP contribution in [-0.2, 0) is 8.23 Å². The average Bonchev–Trinajstić information content (AvgIpc) is 2.97. The molecule has 0 aliphatic rings. The zero-order valence-corrected chi connectivity index (χ0v) is 33.8. The van der Waals surface area contributed by atoms with Crippen molar-refractivity contribution < 1.29 is 37.6 Å². The first-order valence-electron chi connectivity index (χ1n) is 16.3. The van der Waals surface area contributed by atoms with Crippen LogP contribution in [0.4, 0.5) is 0 Å². The molecular weight excluding hydrogens is 665 g/mol. The molecule has 0 aliphatic heterocycles. The maximum Gasteiger partial charge on any atom is 0.336 e. The van der Waals surface area contributed by atoms with Gasteiger partial charge in [-0.25, -0.2) is 9.59 Å². The van der Waals surface area contributed by atoms with Crippen molar-refractivity contribution in [2.24, 2.45) is 0 Å². The van der Waals surface area contributed by atoms with Crippen molar-refractivity contribution in [3.05, 3.63) is 58.7 Å². The maximum atomic E-state index is 13.4. The smallest absolute Gasteiger partial charge is 0.336 e. The second-order valence-corrected chi connectivity index (χ2v) is 31.1. The minimum atomic E-state index is -2.74. The van der Waals surface area contributed by atoms with Crippen LogP contribution in [0.1, 0.15) is 67.6 Å². The lowest BCUT2D eigenvalue weighted by Gasteiger charge is -2.35. The third-order valence-electron chi connectivity index (χ3n) is 8.27. The maximum absolute atomic E-state index is 13.4. The molecule has 2 aromatic carbocycles. The summed E-state index contributed by atoms with van der Waals surface area (Å²) in [6, 6.07) is 11.6. The summed E-state index contributed by atoms with van der Waals surface area (Å²) < 4.78 is 13.5.